The van der Waals surface area contributed by atoms with Crippen molar-refractivity contribution in [2.75, 3.05) is 6.54 Å². The van der Waals surface area contributed by atoms with E-state index in [-0.39, 0.29) is 30.5 Å². The molecule has 0 aliphatic carbocycles. The second kappa shape index (κ2) is 8.52. The third-order valence-corrected chi connectivity index (χ3v) is 5.18. The van der Waals surface area contributed by atoms with E-state index in [1.54, 1.807) is 12.1 Å². The summed E-state index contributed by atoms with van der Waals surface area (Å²) in [4.78, 5) is 25.6. The molecule has 2 N–H and O–H groups in total. The lowest BCUT2D eigenvalue weighted by Gasteiger charge is -2.25. The van der Waals surface area contributed by atoms with Crippen LogP contribution in [0.25, 0.3) is 0 Å². The van der Waals surface area contributed by atoms with E-state index in [1.165, 1.54) is 12.1 Å². The lowest BCUT2D eigenvalue weighted by Crippen LogP contribution is -2.43. The van der Waals surface area contributed by atoms with Crippen molar-refractivity contribution in [1.29, 1.82) is 0 Å². The first kappa shape index (κ1) is 20.0. The van der Waals surface area contributed by atoms with E-state index in [9.17, 15) is 14.0 Å². The van der Waals surface area contributed by atoms with Crippen molar-refractivity contribution in [3.05, 3.63) is 70.8 Å². The largest absolute Gasteiger partial charge is 0.478 e. The van der Waals surface area contributed by atoms with E-state index in [2.05, 4.69) is 5.32 Å². The minimum absolute atomic E-state index is 0.183. The first-order valence-electron chi connectivity index (χ1n) is 9.41. The van der Waals surface area contributed by atoms with Gasteiger partial charge in [0.1, 0.15) is 6.17 Å². The highest BCUT2D eigenvalue weighted by Crippen LogP contribution is 2.24. The number of amides is 1. The lowest BCUT2D eigenvalue weighted by atomic mass is 10.1. The summed E-state index contributed by atoms with van der Waals surface area (Å²) < 4.78 is 14.1. The van der Waals surface area contributed by atoms with E-state index < -0.39 is 18.2 Å². The van der Waals surface area contributed by atoms with Gasteiger partial charge in [0.25, 0.3) is 0 Å². The molecule has 0 saturated carbocycles. The zero-order valence-electron chi connectivity index (χ0n) is 16.1. The van der Waals surface area contributed by atoms with Crippen molar-refractivity contribution in [1.82, 2.24) is 10.2 Å². The monoisotopic (exact) mass is 384 g/mol. The predicted molar refractivity (Wildman–Crippen MR) is 105 cm³/mol. The number of carboxylic acid groups (broad SMARTS) is 1. The summed E-state index contributed by atoms with van der Waals surface area (Å²) in [5, 5.41) is 11.9. The number of carbonyl (C=O) groups excluding carboxylic acids is 1. The van der Waals surface area contributed by atoms with Crippen LogP contribution in [-0.4, -0.2) is 40.6 Å². The topological polar surface area (TPSA) is 69.6 Å². The van der Waals surface area contributed by atoms with Crippen molar-refractivity contribution in [2.45, 2.75) is 45.1 Å². The number of aromatic carboxylic acids is 1. The minimum atomic E-state index is -1.02. The SMILES string of the molecule is Cc1ccc(CN2C[C@@H](F)C[C@@H]2C(=O)N[C@@H](C)c2ccc(C(=O)O)cc2)cc1. The molecular formula is C22H25FN2O3. The van der Waals surface area contributed by atoms with E-state index in [0.29, 0.717) is 6.54 Å². The van der Waals surface area contributed by atoms with Gasteiger partial charge in [-0.1, -0.05) is 42.0 Å². The number of halogens is 1. The van der Waals surface area contributed by atoms with Crippen LogP contribution in [0.3, 0.4) is 0 Å². The molecule has 3 rings (SSSR count). The number of nitrogens with one attached hydrogen (secondary N) is 1. The molecule has 2 aromatic rings. The minimum Gasteiger partial charge on any atom is -0.478 e. The summed E-state index contributed by atoms with van der Waals surface area (Å²) in [6, 6.07) is 13.6. The van der Waals surface area contributed by atoms with Gasteiger partial charge in [0.05, 0.1) is 17.6 Å². The average molecular weight is 384 g/mol. The van der Waals surface area contributed by atoms with Crippen LogP contribution in [0.4, 0.5) is 4.39 Å². The summed E-state index contributed by atoms with van der Waals surface area (Å²) in [6.07, 6.45) is -0.839. The summed E-state index contributed by atoms with van der Waals surface area (Å²) in [5.74, 6) is -1.20. The molecule has 1 fully saturated rings. The van der Waals surface area contributed by atoms with Gasteiger partial charge < -0.3 is 10.4 Å². The van der Waals surface area contributed by atoms with Crippen molar-refractivity contribution in [2.24, 2.45) is 0 Å². The Morgan fingerprint density at radius 2 is 1.82 bits per heavy atom. The molecule has 0 spiro atoms. The van der Waals surface area contributed by atoms with Crippen LogP contribution in [0.5, 0.6) is 0 Å². The van der Waals surface area contributed by atoms with Gasteiger partial charge in [-0.05, 0) is 37.1 Å². The number of carboxylic acids is 1. The normalized spacial score (nSPS) is 20.7. The fourth-order valence-electron chi connectivity index (χ4n) is 3.53. The number of rotatable bonds is 6. The Hall–Kier alpha value is -2.73. The van der Waals surface area contributed by atoms with Gasteiger partial charge in [0, 0.05) is 19.5 Å². The zero-order valence-corrected chi connectivity index (χ0v) is 16.1. The summed E-state index contributed by atoms with van der Waals surface area (Å²) in [5.41, 5.74) is 3.21. The molecule has 148 valence electrons. The van der Waals surface area contributed by atoms with Crippen molar-refractivity contribution in [3.8, 4) is 0 Å². The molecule has 0 bridgehead atoms. The van der Waals surface area contributed by atoms with Gasteiger partial charge in [-0.15, -0.1) is 0 Å². The van der Waals surface area contributed by atoms with E-state index >= 15 is 0 Å². The fraction of sp³-hybridized carbons (Fsp3) is 0.364. The molecule has 6 heteroatoms. The molecule has 2 aromatic carbocycles. The number of carbonyl (C=O) groups is 2. The summed E-state index contributed by atoms with van der Waals surface area (Å²) >= 11 is 0. The van der Waals surface area contributed by atoms with E-state index in [1.807, 2.05) is 43.0 Å². The van der Waals surface area contributed by atoms with Gasteiger partial charge >= 0.3 is 5.97 Å². The predicted octanol–water partition coefficient (Wildman–Crippen LogP) is 3.48. The fourth-order valence-corrected chi connectivity index (χ4v) is 3.53. The van der Waals surface area contributed by atoms with Crippen molar-refractivity contribution in [3.63, 3.8) is 0 Å². The average Bonchev–Trinajstić information content (AvgIpc) is 3.04. The third-order valence-electron chi connectivity index (χ3n) is 5.18. The smallest absolute Gasteiger partial charge is 0.335 e. The van der Waals surface area contributed by atoms with Gasteiger partial charge in [-0.25, -0.2) is 9.18 Å². The number of hydrogen-bond acceptors (Lipinski definition) is 3. The Morgan fingerprint density at radius 1 is 1.18 bits per heavy atom. The maximum absolute atomic E-state index is 14.1. The third kappa shape index (κ3) is 4.75. The molecule has 28 heavy (non-hydrogen) atoms. The van der Waals surface area contributed by atoms with Crippen LogP contribution in [0, 0.1) is 6.92 Å². The van der Waals surface area contributed by atoms with Gasteiger partial charge in [-0.3, -0.25) is 9.69 Å². The molecule has 1 heterocycles. The number of hydrogen-bond donors (Lipinski definition) is 2. The number of alkyl halides is 1. The quantitative estimate of drug-likeness (QED) is 0.800. The molecule has 1 aliphatic heterocycles. The second-order valence-corrected chi connectivity index (χ2v) is 7.42. The Balaban J connectivity index is 1.65. The van der Waals surface area contributed by atoms with Gasteiger partial charge in [-0.2, -0.15) is 0 Å². The number of nitrogens with zero attached hydrogens (tertiary/aromatic N) is 1. The Morgan fingerprint density at radius 3 is 2.43 bits per heavy atom. The Kier molecular flexibility index (Phi) is 6.09. The standard InChI is InChI=1S/C22H25FN2O3/c1-14-3-5-16(6-4-14)12-25-13-19(23)11-20(25)21(26)24-15(2)17-7-9-18(10-8-17)22(27)28/h3-10,15,19-20H,11-13H2,1-2H3,(H,24,26)(H,27,28)/t15-,19-,20+/m0/s1. The lowest BCUT2D eigenvalue weighted by molar-refractivity contribution is -0.126. The first-order valence-corrected chi connectivity index (χ1v) is 9.41. The molecule has 0 radical (unpaired) electrons. The number of likely N-dealkylation sites (tertiary alicyclic amines) is 1. The van der Waals surface area contributed by atoms with Crippen LogP contribution in [0.1, 0.15) is 46.4 Å². The highest BCUT2D eigenvalue weighted by molar-refractivity contribution is 5.87. The van der Waals surface area contributed by atoms with Crippen molar-refractivity contribution >= 4 is 11.9 Å². The van der Waals surface area contributed by atoms with Gasteiger partial charge in [0.2, 0.25) is 5.91 Å². The highest BCUT2D eigenvalue weighted by atomic mass is 19.1. The molecular weight excluding hydrogens is 359 g/mol. The molecule has 0 aromatic heterocycles. The van der Waals surface area contributed by atoms with Crippen LogP contribution in [0.2, 0.25) is 0 Å². The summed E-state index contributed by atoms with van der Waals surface area (Å²) in [7, 11) is 0. The maximum Gasteiger partial charge on any atom is 0.335 e. The molecule has 1 aliphatic rings. The van der Waals surface area contributed by atoms with Gasteiger partial charge in [0.15, 0.2) is 0 Å². The Labute approximate surface area is 164 Å². The first-order chi connectivity index (χ1) is 13.3. The molecule has 3 atom stereocenters. The van der Waals surface area contributed by atoms with E-state index in [4.69, 9.17) is 5.11 Å². The second-order valence-electron chi connectivity index (χ2n) is 7.42. The molecule has 5 nitrogen and oxygen atoms in total. The molecule has 1 amide bonds. The molecule has 0 unspecified atom stereocenters. The highest BCUT2D eigenvalue weighted by Gasteiger charge is 2.37. The Bertz CT molecular complexity index is 836. The van der Waals surface area contributed by atoms with Crippen LogP contribution < -0.4 is 5.32 Å². The number of benzene rings is 2. The zero-order chi connectivity index (χ0) is 20.3. The number of aryl methyl sites for hydroxylation is 1. The maximum atomic E-state index is 14.1. The van der Waals surface area contributed by atoms with Crippen LogP contribution in [-0.2, 0) is 11.3 Å². The summed E-state index contributed by atoms with van der Waals surface area (Å²) in [6.45, 7) is 4.62. The van der Waals surface area contributed by atoms with E-state index in [0.717, 1.165) is 16.7 Å². The van der Waals surface area contributed by atoms with Crippen LogP contribution >= 0.6 is 0 Å². The van der Waals surface area contributed by atoms with Crippen molar-refractivity contribution < 1.29 is 19.1 Å². The van der Waals surface area contributed by atoms with Crippen LogP contribution in [0.15, 0.2) is 48.5 Å². The molecule has 1 saturated heterocycles.